The highest BCUT2D eigenvalue weighted by Crippen LogP contribution is 2.29. The molecule has 0 atom stereocenters. The van der Waals surface area contributed by atoms with Crippen molar-refractivity contribution in [3.05, 3.63) is 175 Å². The van der Waals surface area contributed by atoms with Gasteiger partial charge in [-0.25, -0.2) is 9.98 Å². The van der Waals surface area contributed by atoms with Gasteiger partial charge in [-0.15, -0.1) is 0 Å². The van der Waals surface area contributed by atoms with Gasteiger partial charge in [0.1, 0.15) is 0 Å². The zero-order valence-electron chi connectivity index (χ0n) is 23.0. The molecule has 0 radical (unpaired) electrons. The van der Waals surface area contributed by atoms with Crippen molar-refractivity contribution in [1.82, 2.24) is 0 Å². The molecule has 0 fully saturated rings. The molecule has 0 saturated carbocycles. The highest BCUT2D eigenvalue weighted by molar-refractivity contribution is 6.13. The van der Waals surface area contributed by atoms with Crippen molar-refractivity contribution in [2.45, 2.75) is 6.92 Å². The zero-order valence-corrected chi connectivity index (χ0v) is 23.0. The zero-order chi connectivity index (χ0) is 28.0. The summed E-state index contributed by atoms with van der Waals surface area (Å²) in [5.74, 6) is 0.636. The van der Waals surface area contributed by atoms with Crippen LogP contribution in [-0.4, -0.2) is 11.5 Å². The second kappa shape index (κ2) is 11.8. The average Bonchev–Trinajstić information content (AvgIpc) is 3.05. The van der Waals surface area contributed by atoms with Crippen LogP contribution in [-0.2, 0) is 0 Å². The molecule has 0 aliphatic heterocycles. The van der Waals surface area contributed by atoms with Crippen molar-refractivity contribution < 1.29 is 0 Å². The van der Waals surface area contributed by atoms with Crippen molar-refractivity contribution in [2.75, 3.05) is 0 Å². The van der Waals surface area contributed by atoms with Gasteiger partial charge in [-0.05, 0) is 51.6 Å². The minimum atomic E-state index is 0.636. The highest BCUT2D eigenvalue weighted by atomic mass is 14.9. The van der Waals surface area contributed by atoms with Crippen LogP contribution in [0.15, 0.2) is 168 Å². The van der Waals surface area contributed by atoms with Crippen LogP contribution in [0.5, 0.6) is 0 Å². The predicted octanol–water partition coefficient (Wildman–Crippen LogP) is 10.1. The molecule has 0 spiro atoms. The van der Waals surface area contributed by atoms with Crippen LogP contribution in [0.2, 0.25) is 0 Å². The third kappa shape index (κ3) is 5.83. The molecule has 196 valence electrons. The van der Waals surface area contributed by atoms with Crippen molar-refractivity contribution in [3.63, 3.8) is 0 Å². The number of amidine groups is 1. The molecule has 0 unspecified atom stereocenters. The van der Waals surface area contributed by atoms with E-state index in [1.54, 1.807) is 0 Å². The maximum Gasteiger partial charge on any atom is 0.160 e. The molecular weight excluding hydrogens is 496 g/mol. The number of aliphatic imine (C=N–C) groups is 2. The molecule has 0 aliphatic carbocycles. The van der Waals surface area contributed by atoms with Crippen LogP contribution in [0, 0.1) is 0 Å². The van der Waals surface area contributed by atoms with Gasteiger partial charge in [0.05, 0.1) is 5.70 Å². The third-order valence-corrected chi connectivity index (χ3v) is 7.25. The van der Waals surface area contributed by atoms with E-state index in [0.717, 1.165) is 33.5 Å². The summed E-state index contributed by atoms with van der Waals surface area (Å²) in [6.07, 6.45) is 0. The lowest BCUT2D eigenvalue weighted by Crippen LogP contribution is -2.04. The Balaban J connectivity index is 1.33. The van der Waals surface area contributed by atoms with Crippen molar-refractivity contribution in [1.29, 1.82) is 0 Å². The fourth-order valence-electron chi connectivity index (χ4n) is 5.03. The lowest BCUT2D eigenvalue weighted by Gasteiger charge is -2.10. The first-order valence-electron chi connectivity index (χ1n) is 13.8. The van der Waals surface area contributed by atoms with Crippen LogP contribution in [0.25, 0.3) is 38.7 Å². The summed E-state index contributed by atoms with van der Waals surface area (Å²) in [7, 11) is 0. The average molecular weight is 527 g/mol. The van der Waals surface area contributed by atoms with Gasteiger partial charge in [0.25, 0.3) is 0 Å². The van der Waals surface area contributed by atoms with Gasteiger partial charge in [-0.3, -0.25) is 0 Å². The molecule has 0 aliphatic rings. The number of fused-ring (bicyclic) bond motifs is 1. The number of hydrogen-bond donors (Lipinski definition) is 0. The molecule has 0 saturated heterocycles. The minimum absolute atomic E-state index is 0.636. The number of rotatable bonds is 6. The van der Waals surface area contributed by atoms with Gasteiger partial charge < -0.3 is 0 Å². The van der Waals surface area contributed by atoms with Crippen LogP contribution in [0.1, 0.15) is 23.6 Å². The predicted molar refractivity (Wildman–Crippen MR) is 175 cm³/mol. The summed E-state index contributed by atoms with van der Waals surface area (Å²) in [6, 6.07) is 52.3. The fraction of sp³-hybridized carbons (Fsp3) is 0.0256. The SMILES string of the molecule is C=C(N=C(N=C(C)c1ccc(-c2cccc3ccccc23)cc1)c1ccccc1)c1cccc(-c2ccccc2)c1. The van der Waals surface area contributed by atoms with Crippen LogP contribution in [0.4, 0.5) is 0 Å². The Morgan fingerprint density at radius 2 is 1.10 bits per heavy atom. The Kier molecular flexibility index (Phi) is 7.46. The Labute approximate surface area is 241 Å². The molecule has 0 heterocycles. The molecule has 6 aromatic carbocycles. The van der Waals surface area contributed by atoms with Gasteiger partial charge in [0.2, 0.25) is 0 Å². The minimum Gasteiger partial charge on any atom is -0.233 e. The summed E-state index contributed by atoms with van der Waals surface area (Å²) >= 11 is 0. The molecule has 2 nitrogen and oxygen atoms in total. The van der Waals surface area contributed by atoms with Crippen LogP contribution >= 0.6 is 0 Å². The Morgan fingerprint density at radius 3 is 1.88 bits per heavy atom. The number of hydrogen-bond acceptors (Lipinski definition) is 1. The highest BCUT2D eigenvalue weighted by Gasteiger charge is 2.09. The van der Waals surface area contributed by atoms with E-state index in [4.69, 9.17) is 9.98 Å². The molecule has 41 heavy (non-hydrogen) atoms. The summed E-state index contributed by atoms with van der Waals surface area (Å²) in [6.45, 7) is 6.35. The molecule has 0 N–H and O–H groups in total. The summed E-state index contributed by atoms with van der Waals surface area (Å²) in [5.41, 5.74) is 9.22. The third-order valence-electron chi connectivity index (χ3n) is 7.25. The van der Waals surface area contributed by atoms with E-state index in [9.17, 15) is 0 Å². The molecule has 6 rings (SSSR count). The van der Waals surface area contributed by atoms with Crippen LogP contribution < -0.4 is 0 Å². The Morgan fingerprint density at radius 1 is 0.488 bits per heavy atom. The van der Waals surface area contributed by atoms with Crippen molar-refractivity contribution in [2.24, 2.45) is 9.98 Å². The van der Waals surface area contributed by atoms with E-state index in [1.165, 1.54) is 21.9 Å². The maximum absolute atomic E-state index is 5.02. The topological polar surface area (TPSA) is 24.7 Å². The molecule has 2 heteroatoms. The number of benzene rings is 6. The molecule has 0 aromatic heterocycles. The first-order valence-corrected chi connectivity index (χ1v) is 13.8. The van der Waals surface area contributed by atoms with E-state index in [-0.39, 0.29) is 0 Å². The van der Waals surface area contributed by atoms with E-state index >= 15 is 0 Å². The summed E-state index contributed by atoms with van der Waals surface area (Å²) < 4.78 is 0. The second-order valence-corrected chi connectivity index (χ2v) is 10.00. The van der Waals surface area contributed by atoms with Crippen molar-refractivity contribution in [3.8, 4) is 22.3 Å². The first kappa shape index (κ1) is 25.9. The standard InChI is InChI=1S/C39H30N2/c1-28(30-23-25-33(26-24-30)38-22-12-18-32-15-9-10-21-37(32)38)40-39(34-16-7-4-8-17-34)41-29(2)35-19-11-20-36(27-35)31-13-5-3-6-14-31/h3-27H,2H2,1H3. The monoisotopic (exact) mass is 526 g/mol. The molecule has 0 amide bonds. The molecule has 0 bridgehead atoms. The van der Waals surface area contributed by atoms with Crippen LogP contribution in [0.3, 0.4) is 0 Å². The van der Waals surface area contributed by atoms with E-state index in [1.807, 2.05) is 55.5 Å². The Hall–Kier alpha value is -5.34. The summed E-state index contributed by atoms with van der Waals surface area (Å²) in [4.78, 5) is 9.97. The lowest BCUT2D eigenvalue weighted by atomic mass is 9.97. The van der Waals surface area contributed by atoms with Gasteiger partial charge in [0.15, 0.2) is 5.84 Å². The fourth-order valence-corrected chi connectivity index (χ4v) is 5.03. The summed E-state index contributed by atoms with van der Waals surface area (Å²) in [5, 5.41) is 2.49. The van der Waals surface area contributed by atoms with Crippen molar-refractivity contribution >= 4 is 28.0 Å². The number of nitrogens with zero attached hydrogens (tertiary/aromatic N) is 2. The second-order valence-electron chi connectivity index (χ2n) is 10.00. The van der Waals surface area contributed by atoms with E-state index in [2.05, 4.69) is 110 Å². The largest absolute Gasteiger partial charge is 0.233 e. The van der Waals surface area contributed by atoms with Gasteiger partial charge in [-0.1, -0.05) is 152 Å². The van der Waals surface area contributed by atoms with E-state index < -0.39 is 0 Å². The Bertz CT molecular complexity index is 1870. The molecule has 6 aromatic rings. The molecular formula is C39H30N2. The smallest absolute Gasteiger partial charge is 0.160 e. The van der Waals surface area contributed by atoms with Gasteiger partial charge in [-0.2, -0.15) is 0 Å². The quantitative estimate of drug-likeness (QED) is 0.152. The van der Waals surface area contributed by atoms with E-state index in [0.29, 0.717) is 11.5 Å². The normalized spacial score (nSPS) is 11.9. The van der Waals surface area contributed by atoms with Gasteiger partial charge in [0, 0.05) is 16.8 Å². The maximum atomic E-state index is 5.02. The lowest BCUT2D eigenvalue weighted by molar-refractivity contribution is 1.44. The first-order chi connectivity index (χ1) is 20.2. The van der Waals surface area contributed by atoms with Gasteiger partial charge >= 0.3 is 0 Å².